The van der Waals surface area contributed by atoms with E-state index in [0.717, 1.165) is 70.6 Å². The molecule has 11 unspecified atom stereocenters. The Balaban J connectivity index is 1.75. The van der Waals surface area contributed by atoms with Crippen LogP contribution in [0.3, 0.4) is 0 Å². The Kier molecular flexibility index (Phi) is 42.9. The fourth-order valence-electron chi connectivity index (χ4n) is 9.19. The van der Waals surface area contributed by atoms with Crippen LogP contribution in [0.5, 0.6) is 0 Å². The molecule has 15 heteroatoms. The molecule has 0 aromatic heterocycles. The van der Waals surface area contributed by atoms with Gasteiger partial charge in [0.1, 0.15) is 55.4 Å². The molecular formula is C61H106O15. The molecule has 15 nitrogen and oxygen atoms in total. The van der Waals surface area contributed by atoms with Crippen molar-refractivity contribution in [3.8, 4) is 0 Å². The Hall–Kier alpha value is -2.80. The van der Waals surface area contributed by atoms with Crippen LogP contribution in [-0.4, -0.2) is 142 Å². The first-order chi connectivity index (χ1) is 37.0. The minimum atomic E-state index is -1.77. The molecule has 7 N–H and O–H groups in total. The van der Waals surface area contributed by atoms with Gasteiger partial charge in [-0.2, -0.15) is 0 Å². The van der Waals surface area contributed by atoms with Gasteiger partial charge in [-0.1, -0.05) is 209 Å². The van der Waals surface area contributed by atoms with Gasteiger partial charge in [-0.3, -0.25) is 9.59 Å². The second kappa shape index (κ2) is 47.1. The molecule has 440 valence electrons. The summed E-state index contributed by atoms with van der Waals surface area (Å²) < 4.78 is 33.7. The molecule has 2 aliphatic heterocycles. The Bertz CT molecular complexity index is 1550. The van der Waals surface area contributed by atoms with Crippen LogP contribution in [0.25, 0.3) is 0 Å². The number of esters is 2. The summed E-state index contributed by atoms with van der Waals surface area (Å²) in [4.78, 5) is 25.9. The third kappa shape index (κ3) is 33.6. The predicted octanol–water partition coefficient (Wildman–Crippen LogP) is 10.4. The zero-order chi connectivity index (χ0) is 55.3. The van der Waals surface area contributed by atoms with Crippen molar-refractivity contribution in [3.63, 3.8) is 0 Å². The largest absolute Gasteiger partial charge is 0.462 e. The van der Waals surface area contributed by atoms with E-state index in [2.05, 4.69) is 74.6 Å². The van der Waals surface area contributed by atoms with Crippen LogP contribution in [0.15, 0.2) is 60.8 Å². The number of hydrogen-bond acceptors (Lipinski definition) is 15. The molecule has 2 heterocycles. The van der Waals surface area contributed by atoms with Gasteiger partial charge >= 0.3 is 11.9 Å². The summed E-state index contributed by atoms with van der Waals surface area (Å²) in [5, 5.41) is 72.3. The van der Waals surface area contributed by atoms with E-state index in [-0.39, 0.29) is 19.4 Å². The number of carbonyl (C=O) groups is 2. The van der Waals surface area contributed by atoms with Crippen molar-refractivity contribution < 1.29 is 73.8 Å². The Morgan fingerprint density at radius 1 is 0.434 bits per heavy atom. The lowest BCUT2D eigenvalue weighted by Crippen LogP contribution is -2.61. The van der Waals surface area contributed by atoms with Crippen molar-refractivity contribution in [1.29, 1.82) is 0 Å². The maximum absolute atomic E-state index is 13.1. The van der Waals surface area contributed by atoms with Crippen LogP contribution in [0, 0.1) is 0 Å². The fourth-order valence-corrected chi connectivity index (χ4v) is 9.19. The molecule has 0 aromatic rings. The fraction of sp³-hybridized carbons (Fsp3) is 0.803. The van der Waals surface area contributed by atoms with Crippen LogP contribution in [-0.2, 0) is 38.0 Å². The predicted molar refractivity (Wildman–Crippen MR) is 298 cm³/mol. The highest BCUT2D eigenvalue weighted by atomic mass is 16.7. The van der Waals surface area contributed by atoms with Crippen LogP contribution < -0.4 is 0 Å². The van der Waals surface area contributed by atoms with Gasteiger partial charge in [0.05, 0.1) is 19.8 Å². The zero-order valence-corrected chi connectivity index (χ0v) is 47.0. The summed E-state index contributed by atoms with van der Waals surface area (Å²) in [6, 6.07) is 0. The van der Waals surface area contributed by atoms with E-state index >= 15 is 0 Å². The average molecular weight is 1080 g/mol. The SMILES string of the molecule is CC/C=C\C/C=C\C/C=C\C/C=C\C/C=C\CCCCCC(=O)OC(COC(=O)CCCCCCCCCCCCCCCCCCCCCCC)COC1OC(COC2OC(CO)C(O)C(O)C2O)C(O)C(O)C1O. The van der Waals surface area contributed by atoms with Crippen molar-refractivity contribution in [2.75, 3.05) is 26.4 Å². The van der Waals surface area contributed by atoms with Crippen molar-refractivity contribution >= 4 is 11.9 Å². The van der Waals surface area contributed by atoms with Gasteiger partial charge in [0.15, 0.2) is 18.7 Å². The van der Waals surface area contributed by atoms with Gasteiger partial charge in [0.25, 0.3) is 0 Å². The van der Waals surface area contributed by atoms with Crippen LogP contribution in [0.4, 0.5) is 0 Å². The van der Waals surface area contributed by atoms with Crippen LogP contribution >= 0.6 is 0 Å². The summed E-state index contributed by atoms with van der Waals surface area (Å²) in [5.41, 5.74) is 0. The number of ether oxygens (including phenoxy) is 6. The molecular weight excluding hydrogens is 973 g/mol. The van der Waals surface area contributed by atoms with E-state index in [1.165, 1.54) is 109 Å². The molecule has 2 saturated heterocycles. The monoisotopic (exact) mass is 1080 g/mol. The van der Waals surface area contributed by atoms with Crippen molar-refractivity contribution in [2.24, 2.45) is 0 Å². The van der Waals surface area contributed by atoms with Gasteiger partial charge in [0, 0.05) is 12.8 Å². The molecule has 11 atom stereocenters. The molecule has 0 spiro atoms. The molecule has 0 saturated carbocycles. The molecule has 0 aromatic carbocycles. The minimum absolute atomic E-state index is 0.125. The molecule has 2 fully saturated rings. The van der Waals surface area contributed by atoms with Gasteiger partial charge in [-0.05, 0) is 57.8 Å². The maximum atomic E-state index is 13.1. The maximum Gasteiger partial charge on any atom is 0.306 e. The molecule has 0 radical (unpaired) electrons. The number of hydrogen-bond donors (Lipinski definition) is 7. The quantitative estimate of drug-likeness (QED) is 0.0171. The van der Waals surface area contributed by atoms with Crippen LogP contribution in [0.1, 0.15) is 219 Å². The first-order valence-electron chi connectivity index (χ1n) is 29.9. The smallest absolute Gasteiger partial charge is 0.306 e. The van der Waals surface area contributed by atoms with Gasteiger partial charge in [0.2, 0.25) is 0 Å². The second-order valence-electron chi connectivity index (χ2n) is 20.8. The third-order valence-electron chi connectivity index (χ3n) is 14.0. The van der Waals surface area contributed by atoms with E-state index in [1.807, 2.05) is 0 Å². The molecule has 0 aliphatic carbocycles. The number of allylic oxidation sites excluding steroid dienone is 10. The third-order valence-corrected chi connectivity index (χ3v) is 14.0. The minimum Gasteiger partial charge on any atom is -0.462 e. The topological polar surface area (TPSA) is 231 Å². The van der Waals surface area contributed by atoms with Crippen molar-refractivity contribution in [2.45, 2.75) is 287 Å². The lowest BCUT2D eigenvalue weighted by atomic mass is 9.98. The van der Waals surface area contributed by atoms with Crippen LogP contribution in [0.2, 0.25) is 0 Å². The Labute approximate surface area is 458 Å². The number of aliphatic hydroxyl groups is 7. The molecule has 2 rings (SSSR count). The summed E-state index contributed by atoms with van der Waals surface area (Å²) in [6.45, 7) is 2.47. The van der Waals surface area contributed by atoms with E-state index in [1.54, 1.807) is 0 Å². The molecule has 2 aliphatic rings. The van der Waals surface area contributed by atoms with E-state index < -0.39 is 99.3 Å². The number of rotatable bonds is 47. The molecule has 76 heavy (non-hydrogen) atoms. The average Bonchev–Trinajstić information content (AvgIpc) is 3.41. The molecule has 0 bridgehead atoms. The number of carbonyl (C=O) groups excluding carboxylic acids is 2. The van der Waals surface area contributed by atoms with Crippen molar-refractivity contribution in [3.05, 3.63) is 60.8 Å². The highest BCUT2D eigenvalue weighted by Gasteiger charge is 2.47. The Morgan fingerprint density at radius 2 is 0.829 bits per heavy atom. The van der Waals surface area contributed by atoms with Gasteiger partial charge in [-0.15, -0.1) is 0 Å². The van der Waals surface area contributed by atoms with Crippen molar-refractivity contribution in [1.82, 2.24) is 0 Å². The number of unbranched alkanes of at least 4 members (excludes halogenated alkanes) is 23. The molecule has 0 amide bonds. The van der Waals surface area contributed by atoms with E-state index in [4.69, 9.17) is 28.4 Å². The first-order valence-corrected chi connectivity index (χ1v) is 29.9. The summed E-state index contributed by atoms with van der Waals surface area (Å²) in [6.07, 6.45) is 39.6. The second-order valence-corrected chi connectivity index (χ2v) is 20.8. The first kappa shape index (κ1) is 69.3. The van der Waals surface area contributed by atoms with Gasteiger partial charge < -0.3 is 64.2 Å². The zero-order valence-electron chi connectivity index (χ0n) is 47.0. The van der Waals surface area contributed by atoms with Gasteiger partial charge in [-0.25, -0.2) is 0 Å². The number of aliphatic hydroxyl groups excluding tert-OH is 7. The Morgan fingerprint density at radius 3 is 1.30 bits per heavy atom. The van der Waals surface area contributed by atoms with E-state index in [9.17, 15) is 45.3 Å². The summed E-state index contributed by atoms with van der Waals surface area (Å²) >= 11 is 0. The van der Waals surface area contributed by atoms with E-state index in [0.29, 0.717) is 12.8 Å². The summed E-state index contributed by atoms with van der Waals surface area (Å²) in [7, 11) is 0. The lowest BCUT2D eigenvalue weighted by molar-refractivity contribution is -0.332. The summed E-state index contributed by atoms with van der Waals surface area (Å²) in [5.74, 6) is -0.956. The highest BCUT2D eigenvalue weighted by Crippen LogP contribution is 2.27. The highest BCUT2D eigenvalue weighted by molar-refractivity contribution is 5.70. The normalized spacial score (nSPS) is 24.8. The lowest BCUT2D eigenvalue weighted by Gasteiger charge is -2.42. The standard InChI is InChI=1S/C61H106O15/c1-3-5-7-9-11-13-15-17-19-21-23-24-26-27-29-31-33-35-37-39-41-43-52(63)71-46-49(74-53(64)44-42-40-38-36-34-32-30-28-25-22-20-18-16-14-12-10-8-6-4-2)47-72-60-59(70)57(68)55(66)51(76-60)48-73-61-58(69)56(67)54(65)50(45-62)75-61/h6,8,12,14,18,20,25,28,32,34,49-51,54-62,65-70H,3-5,7,9-11,13,15-17,19,21-24,26-27,29-31,33,35-48H2,1-2H3/b8-6-,14-12-,20-18-,28-25-,34-32-.